The molecular weight excluding hydrogens is 687 g/mol. The van der Waals surface area contributed by atoms with Crippen LogP contribution >= 0.6 is 33.9 Å². The van der Waals surface area contributed by atoms with Crippen LogP contribution in [0.15, 0.2) is 57.5 Å². The number of esters is 2. The molecule has 0 spiro atoms. The number of ether oxygens (including phenoxy) is 5. The lowest BCUT2D eigenvalue weighted by atomic mass is 9.95. The molecule has 1 aromatic heterocycles. The van der Waals surface area contributed by atoms with Crippen LogP contribution in [0.5, 0.6) is 17.2 Å². The molecule has 0 radical (unpaired) electrons. The second-order valence-corrected chi connectivity index (χ2v) is 11.8. The standard InChI is InChI=1S/C31H33IN2O8S/c1-7-39-26(35)16-41-22-11-9-19(13-21(22)32)14-25-29(36)34-28(20-10-12-23(42-17(3)4)24(15-20)38-6)27(30(37)40-8-2)18(5)33-31(34)43-25/h9-15,17,28H,7-8,16H2,1-6H3/b25-14-/t28-/m0/s1. The lowest BCUT2D eigenvalue weighted by molar-refractivity contribution is -0.145. The normalized spacial score (nSPS) is 14.7. The van der Waals surface area contributed by atoms with E-state index < -0.39 is 18.0 Å². The molecule has 0 aliphatic carbocycles. The molecule has 0 fully saturated rings. The van der Waals surface area contributed by atoms with E-state index in [0.717, 1.165) is 9.13 Å². The van der Waals surface area contributed by atoms with E-state index in [0.29, 0.717) is 37.8 Å². The quantitative estimate of drug-likeness (QED) is 0.215. The highest BCUT2D eigenvalue weighted by Crippen LogP contribution is 2.36. The second-order valence-electron chi connectivity index (χ2n) is 9.66. The second kappa shape index (κ2) is 14.2. The molecule has 0 saturated carbocycles. The van der Waals surface area contributed by atoms with Gasteiger partial charge in [0.15, 0.2) is 22.9 Å². The highest BCUT2D eigenvalue weighted by Gasteiger charge is 2.34. The molecule has 12 heteroatoms. The van der Waals surface area contributed by atoms with Crippen LogP contribution in [-0.2, 0) is 19.1 Å². The Morgan fingerprint density at radius 2 is 1.79 bits per heavy atom. The van der Waals surface area contributed by atoms with Gasteiger partial charge in [-0.25, -0.2) is 14.6 Å². The minimum atomic E-state index is -0.793. The van der Waals surface area contributed by atoms with Gasteiger partial charge in [-0.05, 0) is 98.7 Å². The van der Waals surface area contributed by atoms with E-state index in [-0.39, 0.29) is 37.1 Å². The van der Waals surface area contributed by atoms with Crippen molar-refractivity contribution in [3.8, 4) is 17.2 Å². The Hall–Kier alpha value is -3.65. The Morgan fingerprint density at radius 1 is 1.07 bits per heavy atom. The molecule has 10 nitrogen and oxygen atoms in total. The van der Waals surface area contributed by atoms with Crippen LogP contribution in [-0.4, -0.2) is 49.5 Å². The fourth-order valence-electron chi connectivity index (χ4n) is 4.53. The summed E-state index contributed by atoms with van der Waals surface area (Å²) < 4.78 is 30.1. The van der Waals surface area contributed by atoms with Gasteiger partial charge in [0.1, 0.15) is 5.75 Å². The van der Waals surface area contributed by atoms with E-state index in [9.17, 15) is 14.4 Å². The average Bonchev–Trinajstić information content (AvgIpc) is 3.25. The lowest BCUT2D eigenvalue weighted by Crippen LogP contribution is -2.40. The molecule has 1 atom stereocenters. The Bertz CT molecular complexity index is 1740. The topological polar surface area (TPSA) is 115 Å². The van der Waals surface area contributed by atoms with Crippen LogP contribution in [0.3, 0.4) is 0 Å². The summed E-state index contributed by atoms with van der Waals surface area (Å²) in [5, 5.41) is 0. The number of thiazole rings is 1. The summed E-state index contributed by atoms with van der Waals surface area (Å²) >= 11 is 3.34. The third-order valence-electron chi connectivity index (χ3n) is 6.29. The predicted octanol–water partition coefficient (Wildman–Crippen LogP) is 4.14. The number of rotatable bonds is 11. The molecule has 1 aliphatic rings. The maximum Gasteiger partial charge on any atom is 0.344 e. The molecule has 4 rings (SSSR count). The molecule has 0 unspecified atom stereocenters. The van der Waals surface area contributed by atoms with Crippen molar-refractivity contribution >= 4 is 51.9 Å². The number of hydrogen-bond acceptors (Lipinski definition) is 10. The molecule has 0 N–H and O–H groups in total. The first kappa shape index (κ1) is 32.3. The van der Waals surface area contributed by atoms with Crippen molar-refractivity contribution in [3.63, 3.8) is 0 Å². The number of benzene rings is 2. The summed E-state index contributed by atoms with van der Waals surface area (Å²) in [7, 11) is 1.54. The highest BCUT2D eigenvalue weighted by molar-refractivity contribution is 14.1. The molecule has 2 aromatic carbocycles. The van der Waals surface area contributed by atoms with Gasteiger partial charge in [-0.1, -0.05) is 23.5 Å². The first-order valence-electron chi connectivity index (χ1n) is 13.7. The van der Waals surface area contributed by atoms with Gasteiger partial charge in [-0.2, -0.15) is 0 Å². The first-order chi connectivity index (χ1) is 20.6. The molecule has 0 amide bonds. The van der Waals surface area contributed by atoms with Crippen molar-refractivity contribution in [2.24, 2.45) is 4.99 Å². The Labute approximate surface area is 266 Å². The van der Waals surface area contributed by atoms with Gasteiger partial charge >= 0.3 is 11.9 Å². The van der Waals surface area contributed by atoms with Gasteiger partial charge in [0.25, 0.3) is 5.56 Å². The SMILES string of the molecule is CCOC(=O)COc1ccc(/C=c2\sc3n(c2=O)[C@@H](c2ccc(OC(C)C)c(OC)c2)C(C(=O)OCC)=C(C)N=3)cc1I. The summed E-state index contributed by atoms with van der Waals surface area (Å²) in [6.07, 6.45) is 1.69. The lowest BCUT2D eigenvalue weighted by Gasteiger charge is -2.25. The summed E-state index contributed by atoms with van der Waals surface area (Å²) in [6, 6.07) is 9.96. The number of hydrogen-bond donors (Lipinski definition) is 0. The van der Waals surface area contributed by atoms with Gasteiger partial charge in [-0.3, -0.25) is 9.36 Å². The highest BCUT2D eigenvalue weighted by atomic mass is 127. The summed E-state index contributed by atoms with van der Waals surface area (Å²) in [5.74, 6) is 0.566. The third-order valence-corrected chi connectivity index (χ3v) is 8.11. The number of fused-ring (bicyclic) bond motifs is 1. The molecule has 1 aliphatic heterocycles. The van der Waals surface area contributed by atoms with Crippen molar-refractivity contribution in [3.05, 3.63) is 82.1 Å². The number of aromatic nitrogens is 1. The van der Waals surface area contributed by atoms with Crippen LogP contribution in [0.2, 0.25) is 0 Å². The van der Waals surface area contributed by atoms with E-state index in [1.54, 1.807) is 58.2 Å². The fourth-order valence-corrected chi connectivity index (χ4v) is 6.27. The van der Waals surface area contributed by atoms with Crippen LogP contribution in [0.1, 0.15) is 51.8 Å². The number of methoxy groups -OCH3 is 1. The van der Waals surface area contributed by atoms with Crippen LogP contribution in [0.4, 0.5) is 0 Å². The van der Waals surface area contributed by atoms with Crippen molar-refractivity contribution in [1.29, 1.82) is 0 Å². The van der Waals surface area contributed by atoms with Crippen LogP contribution < -0.4 is 29.1 Å². The maximum absolute atomic E-state index is 14.0. The number of carbonyl (C=O) groups excluding carboxylic acids is 2. The summed E-state index contributed by atoms with van der Waals surface area (Å²) in [5.41, 5.74) is 1.85. The number of halogens is 1. The third kappa shape index (κ3) is 7.29. The van der Waals surface area contributed by atoms with Gasteiger partial charge in [-0.15, -0.1) is 0 Å². The van der Waals surface area contributed by atoms with E-state index in [2.05, 4.69) is 27.6 Å². The predicted molar refractivity (Wildman–Crippen MR) is 170 cm³/mol. The fraction of sp³-hybridized carbons (Fsp3) is 0.355. The van der Waals surface area contributed by atoms with E-state index >= 15 is 0 Å². The van der Waals surface area contributed by atoms with E-state index in [1.807, 2.05) is 26.0 Å². The largest absolute Gasteiger partial charge is 0.493 e. The number of nitrogens with zero attached hydrogens (tertiary/aromatic N) is 2. The molecule has 43 heavy (non-hydrogen) atoms. The zero-order valence-electron chi connectivity index (χ0n) is 24.8. The van der Waals surface area contributed by atoms with Crippen molar-refractivity contribution in [2.45, 2.75) is 46.8 Å². The smallest absolute Gasteiger partial charge is 0.344 e. The van der Waals surface area contributed by atoms with Gasteiger partial charge in [0, 0.05) is 0 Å². The summed E-state index contributed by atoms with van der Waals surface area (Å²) in [4.78, 5) is 44.0. The maximum atomic E-state index is 14.0. The van der Waals surface area contributed by atoms with Crippen LogP contribution in [0.25, 0.3) is 6.08 Å². The molecule has 228 valence electrons. The van der Waals surface area contributed by atoms with Gasteiger partial charge < -0.3 is 23.7 Å². The minimum absolute atomic E-state index is 0.0732. The Balaban J connectivity index is 1.80. The van der Waals surface area contributed by atoms with Crippen LogP contribution in [0, 0.1) is 3.57 Å². The number of allylic oxidation sites excluding steroid dienone is 1. The first-order valence-corrected chi connectivity index (χ1v) is 15.6. The Kier molecular flexibility index (Phi) is 10.7. The molecule has 0 saturated heterocycles. The molecule has 2 heterocycles. The average molecular weight is 721 g/mol. The minimum Gasteiger partial charge on any atom is -0.493 e. The van der Waals surface area contributed by atoms with Crippen molar-refractivity contribution in [1.82, 2.24) is 4.57 Å². The number of carbonyl (C=O) groups is 2. The Morgan fingerprint density at radius 3 is 2.44 bits per heavy atom. The monoisotopic (exact) mass is 720 g/mol. The van der Waals surface area contributed by atoms with Gasteiger partial charge in [0.2, 0.25) is 0 Å². The zero-order chi connectivity index (χ0) is 31.3. The molecule has 0 bridgehead atoms. The molecular formula is C31H33IN2O8S. The van der Waals surface area contributed by atoms with E-state index in [4.69, 9.17) is 23.7 Å². The molecule has 3 aromatic rings. The zero-order valence-corrected chi connectivity index (χ0v) is 27.7. The van der Waals surface area contributed by atoms with Gasteiger partial charge in [0.05, 0.1) is 51.8 Å². The van der Waals surface area contributed by atoms with Crippen molar-refractivity contribution < 1.29 is 33.3 Å². The van der Waals surface area contributed by atoms with E-state index in [1.165, 1.54) is 15.9 Å². The van der Waals surface area contributed by atoms with Crippen molar-refractivity contribution in [2.75, 3.05) is 26.9 Å². The summed E-state index contributed by atoms with van der Waals surface area (Å²) in [6.45, 7) is 9.30.